The molecule has 138 valence electrons. The van der Waals surface area contributed by atoms with E-state index in [1.165, 1.54) is 30.8 Å². The molecular weight excluding hydrogens is 368 g/mol. The number of hydrogen-bond acceptors (Lipinski definition) is 5. The van der Waals surface area contributed by atoms with Gasteiger partial charge in [0, 0.05) is 24.6 Å². The Kier molecular flexibility index (Phi) is 4.88. The minimum absolute atomic E-state index is 0.351. The van der Waals surface area contributed by atoms with Crippen molar-refractivity contribution >= 4 is 35.2 Å². The highest BCUT2D eigenvalue weighted by Gasteiger charge is 2.46. The van der Waals surface area contributed by atoms with Gasteiger partial charge in [0.1, 0.15) is 10.6 Å². The van der Waals surface area contributed by atoms with E-state index in [1.807, 2.05) is 19.3 Å². The first-order valence-electron chi connectivity index (χ1n) is 9.14. The van der Waals surface area contributed by atoms with Gasteiger partial charge in [0.25, 0.3) is 5.19 Å². The van der Waals surface area contributed by atoms with Gasteiger partial charge in [-0.25, -0.2) is 4.99 Å². The second kappa shape index (κ2) is 7.16. The third kappa shape index (κ3) is 3.86. The van der Waals surface area contributed by atoms with Gasteiger partial charge in [-0.2, -0.15) is 9.36 Å². The predicted molar refractivity (Wildman–Crippen MR) is 106 cm³/mol. The van der Waals surface area contributed by atoms with E-state index in [0.717, 1.165) is 48.5 Å². The highest BCUT2D eigenvalue weighted by molar-refractivity contribution is 7.07. The van der Waals surface area contributed by atoms with E-state index in [-0.39, 0.29) is 4.87 Å². The molecule has 1 saturated heterocycles. The van der Waals surface area contributed by atoms with Gasteiger partial charge in [0.05, 0.1) is 12.0 Å². The van der Waals surface area contributed by atoms with Crippen molar-refractivity contribution in [3.63, 3.8) is 0 Å². The Labute approximate surface area is 163 Å². The van der Waals surface area contributed by atoms with E-state index in [2.05, 4.69) is 32.2 Å². The van der Waals surface area contributed by atoms with E-state index < -0.39 is 0 Å². The van der Waals surface area contributed by atoms with E-state index in [4.69, 9.17) is 16.3 Å². The number of rotatable bonds is 5. The summed E-state index contributed by atoms with van der Waals surface area (Å²) in [5.41, 5.74) is 3.10. The molecule has 5 nitrogen and oxygen atoms in total. The van der Waals surface area contributed by atoms with Gasteiger partial charge in [0.2, 0.25) is 0 Å². The molecule has 0 atom stereocenters. The zero-order valence-corrected chi connectivity index (χ0v) is 16.7. The molecule has 2 heterocycles. The van der Waals surface area contributed by atoms with Gasteiger partial charge >= 0.3 is 0 Å². The van der Waals surface area contributed by atoms with Crippen LogP contribution >= 0.6 is 23.1 Å². The maximum atomic E-state index is 6.37. The van der Waals surface area contributed by atoms with E-state index >= 15 is 0 Å². The topological polar surface area (TPSA) is 50.6 Å². The zero-order valence-electron chi connectivity index (χ0n) is 15.2. The van der Waals surface area contributed by atoms with Crippen molar-refractivity contribution in [2.75, 3.05) is 13.1 Å². The minimum Gasteiger partial charge on any atom is -0.430 e. The molecule has 2 aromatic rings. The molecule has 4 rings (SSSR count). The summed E-state index contributed by atoms with van der Waals surface area (Å²) in [6.45, 7) is 6.29. The van der Waals surface area contributed by atoms with Gasteiger partial charge in [-0.15, -0.1) is 11.6 Å². The van der Waals surface area contributed by atoms with Crippen LogP contribution in [0.2, 0.25) is 0 Å². The lowest BCUT2D eigenvalue weighted by atomic mass is 10.1. The molecule has 26 heavy (non-hydrogen) atoms. The molecule has 0 unspecified atom stereocenters. The van der Waals surface area contributed by atoms with Crippen molar-refractivity contribution in [2.24, 2.45) is 4.99 Å². The van der Waals surface area contributed by atoms with Gasteiger partial charge in [-0.1, -0.05) is 0 Å². The standard InChI is InChI=1S/C19H23ClN4OS/c1-13-11-16(25-18-22-17(23-26-18)19(20)6-7-19)14(2)10-15(13)21-12-24-8-4-3-5-9-24/h10-12H,3-9H2,1-2H3. The first-order chi connectivity index (χ1) is 12.5. The number of aliphatic imine (C=N–C) groups is 1. The summed E-state index contributed by atoms with van der Waals surface area (Å²) in [5.74, 6) is 1.48. The van der Waals surface area contributed by atoms with E-state index in [1.54, 1.807) is 0 Å². The van der Waals surface area contributed by atoms with Crippen molar-refractivity contribution in [3.05, 3.63) is 29.1 Å². The summed E-state index contributed by atoms with van der Waals surface area (Å²) in [4.78, 5) is 11.1. The van der Waals surface area contributed by atoms with Crippen LogP contribution in [0, 0.1) is 13.8 Å². The summed E-state index contributed by atoms with van der Waals surface area (Å²) < 4.78 is 10.3. The third-order valence-electron chi connectivity index (χ3n) is 4.94. The van der Waals surface area contributed by atoms with Crippen molar-refractivity contribution < 1.29 is 4.74 Å². The molecule has 2 fully saturated rings. The highest BCUT2D eigenvalue weighted by atomic mass is 35.5. The largest absolute Gasteiger partial charge is 0.430 e. The molecule has 7 heteroatoms. The second-order valence-corrected chi connectivity index (χ2v) is 8.63. The first kappa shape index (κ1) is 17.7. The SMILES string of the molecule is Cc1cc(Oc2nc(C3(Cl)CC3)ns2)c(C)cc1N=CN1CCCCC1. The van der Waals surface area contributed by atoms with Crippen molar-refractivity contribution in [2.45, 2.75) is 50.8 Å². The third-order valence-corrected chi connectivity index (χ3v) is 6.08. The fourth-order valence-electron chi connectivity index (χ4n) is 3.06. The molecule has 1 aliphatic heterocycles. The summed E-state index contributed by atoms with van der Waals surface area (Å²) in [6.07, 6.45) is 7.69. The summed E-state index contributed by atoms with van der Waals surface area (Å²) in [5, 5.41) is 0.541. The van der Waals surface area contributed by atoms with Crippen LogP contribution in [0.5, 0.6) is 10.9 Å². The van der Waals surface area contributed by atoms with Crippen LogP contribution in [0.3, 0.4) is 0 Å². The second-order valence-electron chi connectivity index (χ2n) is 7.20. The number of piperidine rings is 1. The first-order valence-corrected chi connectivity index (χ1v) is 10.3. The molecule has 1 aliphatic carbocycles. The monoisotopic (exact) mass is 390 g/mol. The average Bonchev–Trinajstić information content (AvgIpc) is 3.21. The maximum Gasteiger partial charge on any atom is 0.298 e. The quantitative estimate of drug-likeness (QED) is 0.393. The van der Waals surface area contributed by atoms with E-state index in [0.29, 0.717) is 11.0 Å². The smallest absolute Gasteiger partial charge is 0.298 e. The fraction of sp³-hybridized carbons (Fsp3) is 0.526. The van der Waals surface area contributed by atoms with Crippen LogP contribution in [0.15, 0.2) is 17.1 Å². The van der Waals surface area contributed by atoms with Gasteiger partial charge in [0.15, 0.2) is 5.82 Å². The molecule has 1 aromatic heterocycles. The lowest BCUT2D eigenvalue weighted by molar-refractivity contribution is 0.351. The van der Waals surface area contributed by atoms with Crippen LogP contribution < -0.4 is 4.74 Å². The van der Waals surface area contributed by atoms with Crippen LogP contribution in [-0.2, 0) is 4.87 Å². The Hall–Kier alpha value is -1.66. The number of ether oxygens (including phenoxy) is 1. The van der Waals surface area contributed by atoms with Gasteiger partial charge in [-0.05, 0) is 69.2 Å². The summed E-state index contributed by atoms with van der Waals surface area (Å²) >= 11 is 7.62. The molecule has 0 amide bonds. The Balaban J connectivity index is 1.48. The molecule has 0 N–H and O–H groups in total. The number of aromatic nitrogens is 2. The van der Waals surface area contributed by atoms with Crippen molar-refractivity contribution in [1.29, 1.82) is 0 Å². The van der Waals surface area contributed by atoms with Crippen LogP contribution in [0.4, 0.5) is 5.69 Å². The van der Waals surface area contributed by atoms with Crippen molar-refractivity contribution in [1.82, 2.24) is 14.3 Å². The Morgan fingerprint density at radius 2 is 1.96 bits per heavy atom. The Bertz CT molecular complexity index is 825. The van der Waals surface area contributed by atoms with Crippen LogP contribution in [0.1, 0.15) is 49.1 Å². The number of hydrogen-bond donors (Lipinski definition) is 0. The Morgan fingerprint density at radius 3 is 2.69 bits per heavy atom. The van der Waals surface area contributed by atoms with Gasteiger partial charge < -0.3 is 9.64 Å². The number of nitrogens with zero attached hydrogens (tertiary/aromatic N) is 4. The molecule has 1 saturated carbocycles. The summed E-state index contributed by atoms with van der Waals surface area (Å²) in [7, 11) is 0. The van der Waals surface area contributed by atoms with Crippen LogP contribution in [0.25, 0.3) is 0 Å². The number of alkyl halides is 1. The Morgan fingerprint density at radius 1 is 1.19 bits per heavy atom. The average molecular weight is 391 g/mol. The lowest BCUT2D eigenvalue weighted by Crippen LogP contribution is -2.28. The molecule has 1 aromatic carbocycles. The predicted octanol–water partition coefficient (Wildman–Crippen LogP) is 5.32. The normalized spacial score (nSPS) is 19.1. The van der Waals surface area contributed by atoms with Crippen molar-refractivity contribution in [3.8, 4) is 10.9 Å². The molecule has 2 aliphatic rings. The molecule has 0 radical (unpaired) electrons. The highest BCUT2D eigenvalue weighted by Crippen LogP contribution is 2.51. The van der Waals surface area contributed by atoms with Crippen LogP contribution in [-0.4, -0.2) is 33.7 Å². The minimum atomic E-state index is -0.351. The molecule has 0 spiro atoms. The number of halogens is 1. The molecular formula is C19H23ClN4OS. The lowest BCUT2D eigenvalue weighted by Gasteiger charge is -2.23. The maximum absolute atomic E-state index is 6.37. The summed E-state index contributed by atoms with van der Waals surface area (Å²) in [6, 6.07) is 4.09. The fourth-order valence-corrected chi connectivity index (χ4v) is 3.93. The number of benzene rings is 1. The zero-order chi connectivity index (χ0) is 18.1. The number of likely N-dealkylation sites (tertiary alicyclic amines) is 1. The number of aryl methyl sites for hydroxylation is 2. The molecule has 0 bridgehead atoms. The van der Waals surface area contributed by atoms with E-state index in [9.17, 15) is 0 Å². The van der Waals surface area contributed by atoms with Gasteiger partial charge in [-0.3, -0.25) is 0 Å².